The number of hydrogen-bond acceptors (Lipinski definition) is 2. The minimum Gasteiger partial charge on any atom is -0.497 e. The zero-order chi connectivity index (χ0) is 13.8. The van der Waals surface area contributed by atoms with Crippen LogP contribution >= 0.6 is 15.9 Å². The molecule has 0 N–H and O–H groups in total. The number of anilines is 2. The lowest BCUT2D eigenvalue weighted by molar-refractivity contribution is 0.415. The first kappa shape index (κ1) is 13.9. The molecule has 0 amide bonds. The molecule has 0 aliphatic heterocycles. The van der Waals surface area contributed by atoms with E-state index in [0.29, 0.717) is 0 Å². The van der Waals surface area contributed by atoms with Crippen molar-refractivity contribution in [2.45, 2.75) is 12.3 Å². The van der Waals surface area contributed by atoms with Crippen molar-refractivity contribution in [3.05, 3.63) is 53.6 Å². The molecule has 0 bridgehead atoms. The Bertz CT molecular complexity index is 568. The largest absolute Gasteiger partial charge is 0.497 e. The van der Waals surface area contributed by atoms with Gasteiger partial charge in [0.2, 0.25) is 0 Å². The number of rotatable bonds is 4. The van der Waals surface area contributed by atoms with E-state index >= 15 is 0 Å². The van der Waals surface area contributed by atoms with Crippen LogP contribution in [0.1, 0.15) is 11.1 Å². The predicted octanol–water partition coefficient (Wildman–Crippen LogP) is 4.67. The number of halogens is 1. The third-order valence-electron chi connectivity index (χ3n) is 3.22. The van der Waals surface area contributed by atoms with Crippen LogP contribution in [0.15, 0.2) is 42.5 Å². The third-order valence-corrected chi connectivity index (χ3v) is 3.86. The van der Waals surface area contributed by atoms with Gasteiger partial charge < -0.3 is 9.64 Å². The van der Waals surface area contributed by atoms with Gasteiger partial charge in [-0.2, -0.15) is 0 Å². The van der Waals surface area contributed by atoms with Crippen molar-refractivity contribution in [3.63, 3.8) is 0 Å². The molecule has 2 aromatic rings. The summed E-state index contributed by atoms with van der Waals surface area (Å²) in [6.45, 7) is 2.14. The maximum absolute atomic E-state index is 5.27. The number of ether oxygens (including phenoxy) is 1. The first-order valence-corrected chi connectivity index (χ1v) is 7.31. The molecule has 0 aliphatic carbocycles. The van der Waals surface area contributed by atoms with Crippen molar-refractivity contribution in [2.75, 3.05) is 19.1 Å². The van der Waals surface area contributed by atoms with Crippen LogP contribution in [0.3, 0.4) is 0 Å². The van der Waals surface area contributed by atoms with Crippen molar-refractivity contribution in [1.82, 2.24) is 0 Å². The van der Waals surface area contributed by atoms with Crippen molar-refractivity contribution < 1.29 is 4.74 Å². The molecule has 2 rings (SSSR count). The van der Waals surface area contributed by atoms with Crippen LogP contribution in [0, 0.1) is 6.92 Å². The second-order valence-electron chi connectivity index (χ2n) is 4.51. The molecule has 0 unspecified atom stereocenters. The second-order valence-corrected chi connectivity index (χ2v) is 5.08. The summed E-state index contributed by atoms with van der Waals surface area (Å²) in [4.78, 5) is 2.18. The average Bonchev–Trinajstić information content (AvgIpc) is 2.46. The standard InChI is InChI=1S/C16H18BrNO/c1-12-9-13(11-17)7-8-16(12)18(2)14-5-4-6-15(10-14)19-3/h4-10H,11H2,1-3H3. The van der Waals surface area contributed by atoms with Crippen molar-refractivity contribution in [1.29, 1.82) is 0 Å². The van der Waals surface area contributed by atoms with Gasteiger partial charge in [-0.1, -0.05) is 34.1 Å². The highest BCUT2D eigenvalue weighted by Gasteiger charge is 2.08. The highest BCUT2D eigenvalue weighted by atomic mass is 79.9. The van der Waals surface area contributed by atoms with Crippen LogP contribution < -0.4 is 9.64 Å². The van der Waals surface area contributed by atoms with Crippen LogP contribution in [0.2, 0.25) is 0 Å². The lowest BCUT2D eigenvalue weighted by Gasteiger charge is -2.22. The SMILES string of the molecule is COc1cccc(N(C)c2ccc(CBr)cc2C)c1. The maximum atomic E-state index is 5.27. The fraction of sp³-hybridized carbons (Fsp3) is 0.250. The van der Waals surface area contributed by atoms with E-state index < -0.39 is 0 Å². The van der Waals surface area contributed by atoms with Gasteiger partial charge in [0.05, 0.1) is 7.11 Å². The molecule has 0 saturated heterocycles. The smallest absolute Gasteiger partial charge is 0.120 e. The van der Waals surface area contributed by atoms with Crippen LogP contribution in [-0.4, -0.2) is 14.2 Å². The van der Waals surface area contributed by atoms with Gasteiger partial charge in [-0.3, -0.25) is 0 Å². The molecular formula is C16H18BrNO. The Morgan fingerprint density at radius 2 is 1.95 bits per heavy atom. The second kappa shape index (κ2) is 6.11. The number of alkyl halides is 1. The lowest BCUT2D eigenvalue weighted by Crippen LogP contribution is -2.11. The van der Waals surface area contributed by atoms with E-state index in [0.717, 1.165) is 16.8 Å². The summed E-state index contributed by atoms with van der Waals surface area (Å²) in [6, 6.07) is 14.6. The predicted molar refractivity (Wildman–Crippen MR) is 84.9 cm³/mol. The molecule has 0 atom stereocenters. The van der Waals surface area contributed by atoms with Crippen molar-refractivity contribution in [2.24, 2.45) is 0 Å². The summed E-state index contributed by atoms with van der Waals surface area (Å²) in [5.74, 6) is 0.874. The van der Waals surface area contributed by atoms with Gasteiger partial charge >= 0.3 is 0 Å². The summed E-state index contributed by atoms with van der Waals surface area (Å²) in [5, 5.41) is 0.886. The van der Waals surface area contributed by atoms with Crippen LogP contribution in [0.5, 0.6) is 5.75 Å². The van der Waals surface area contributed by atoms with E-state index in [-0.39, 0.29) is 0 Å². The molecule has 3 heteroatoms. The normalized spacial score (nSPS) is 10.3. The van der Waals surface area contributed by atoms with E-state index in [1.807, 2.05) is 18.2 Å². The van der Waals surface area contributed by atoms with Gasteiger partial charge in [0, 0.05) is 29.8 Å². The van der Waals surface area contributed by atoms with Gasteiger partial charge in [0.1, 0.15) is 5.75 Å². The molecule has 0 radical (unpaired) electrons. The van der Waals surface area contributed by atoms with Gasteiger partial charge in [0.15, 0.2) is 0 Å². The molecule has 0 spiro atoms. The fourth-order valence-corrected chi connectivity index (χ4v) is 2.48. The minimum absolute atomic E-state index is 0.874. The third kappa shape index (κ3) is 3.10. The first-order chi connectivity index (χ1) is 9.15. The molecule has 2 aromatic carbocycles. The quantitative estimate of drug-likeness (QED) is 0.759. The summed E-state index contributed by atoms with van der Waals surface area (Å²) in [5.41, 5.74) is 4.88. The molecule has 0 aromatic heterocycles. The van der Waals surface area contributed by atoms with E-state index in [1.54, 1.807) is 7.11 Å². The first-order valence-electron chi connectivity index (χ1n) is 6.19. The van der Waals surface area contributed by atoms with Gasteiger partial charge in [-0.15, -0.1) is 0 Å². The van der Waals surface area contributed by atoms with Gasteiger partial charge in [0.25, 0.3) is 0 Å². The molecule has 0 aliphatic rings. The average molecular weight is 320 g/mol. The maximum Gasteiger partial charge on any atom is 0.120 e. The summed E-state index contributed by atoms with van der Waals surface area (Å²) < 4.78 is 5.27. The Morgan fingerprint density at radius 1 is 1.16 bits per heavy atom. The Morgan fingerprint density at radius 3 is 2.58 bits per heavy atom. The zero-order valence-corrected chi connectivity index (χ0v) is 13.1. The Labute approximate surface area is 123 Å². The highest BCUT2D eigenvalue weighted by Crippen LogP contribution is 2.29. The van der Waals surface area contributed by atoms with E-state index in [1.165, 1.54) is 16.8 Å². The topological polar surface area (TPSA) is 12.5 Å². The lowest BCUT2D eigenvalue weighted by atomic mass is 10.1. The minimum atomic E-state index is 0.874. The number of methoxy groups -OCH3 is 1. The Balaban J connectivity index is 2.35. The number of hydrogen-bond donors (Lipinski definition) is 0. The molecule has 0 heterocycles. The highest BCUT2D eigenvalue weighted by molar-refractivity contribution is 9.08. The Kier molecular flexibility index (Phi) is 4.48. The number of nitrogens with zero attached hydrogens (tertiary/aromatic N) is 1. The van der Waals surface area contributed by atoms with Crippen LogP contribution in [-0.2, 0) is 5.33 Å². The zero-order valence-electron chi connectivity index (χ0n) is 11.5. The molecule has 2 nitrogen and oxygen atoms in total. The fourth-order valence-electron chi connectivity index (χ4n) is 2.14. The van der Waals surface area contributed by atoms with E-state index in [9.17, 15) is 0 Å². The summed E-state index contributed by atoms with van der Waals surface area (Å²) in [6.07, 6.45) is 0. The van der Waals surface area contributed by atoms with Crippen LogP contribution in [0.25, 0.3) is 0 Å². The molecule has 0 saturated carbocycles. The number of aryl methyl sites for hydroxylation is 1. The monoisotopic (exact) mass is 319 g/mol. The van der Waals surface area contributed by atoms with Crippen LogP contribution in [0.4, 0.5) is 11.4 Å². The van der Waals surface area contributed by atoms with E-state index in [2.05, 4.69) is 59.1 Å². The summed E-state index contributed by atoms with van der Waals surface area (Å²) in [7, 11) is 3.76. The van der Waals surface area contributed by atoms with E-state index in [4.69, 9.17) is 4.74 Å². The van der Waals surface area contributed by atoms with Gasteiger partial charge in [-0.05, 0) is 36.2 Å². The Hall–Kier alpha value is -1.48. The van der Waals surface area contributed by atoms with Crippen molar-refractivity contribution in [3.8, 4) is 5.75 Å². The van der Waals surface area contributed by atoms with Gasteiger partial charge in [-0.25, -0.2) is 0 Å². The molecule has 19 heavy (non-hydrogen) atoms. The molecular weight excluding hydrogens is 302 g/mol. The summed E-state index contributed by atoms with van der Waals surface area (Å²) >= 11 is 3.49. The van der Waals surface area contributed by atoms with Crippen molar-refractivity contribution >= 4 is 27.3 Å². The molecule has 100 valence electrons. The number of benzene rings is 2. The molecule has 0 fully saturated rings.